The Morgan fingerprint density at radius 2 is 1.85 bits per heavy atom. The van der Waals surface area contributed by atoms with Crippen LogP contribution in [0.4, 0.5) is 5.69 Å². The van der Waals surface area contributed by atoms with Crippen LogP contribution in [-0.2, 0) is 14.8 Å². The minimum absolute atomic E-state index is 0.259. The smallest absolute Gasteiger partial charge is 0.265 e. The fourth-order valence-corrected chi connectivity index (χ4v) is 5.98. The minimum atomic E-state index is -3.72. The van der Waals surface area contributed by atoms with Gasteiger partial charge >= 0.3 is 0 Å². The Morgan fingerprint density at radius 3 is 2.59 bits per heavy atom. The minimum Gasteiger partial charge on any atom is -0.354 e. The Bertz CT molecular complexity index is 962. The highest BCUT2D eigenvalue weighted by Gasteiger charge is 2.40. The van der Waals surface area contributed by atoms with Gasteiger partial charge in [0, 0.05) is 11.9 Å². The summed E-state index contributed by atoms with van der Waals surface area (Å²) in [4.78, 5) is 15.3. The van der Waals surface area contributed by atoms with Crippen LogP contribution < -0.4 is 9.62 Å². The van der Waals surface area contributed by atoms with Crippen molar-refractivity contribution in [2.24, 2.45) is 0 Å². The first-order valence-electron chi connectivity index (χ1n) is 9.56. The van der Waals surface area contributed by atoms with Crippen molar-refractivity contribution >= 4 is 32.4 Å². The van der Waals surface area contributed by atoms with E-state index < -0.39 is 16.1 Å². The zero-order chi connectivity index (χ0) is 19.0. The number of rotatable bonds is 6. The van der Waals surface area contributed by atoms with E-state index in [0.717, 1.165) is 31.4 Å². The predicted molar refractivity (Wildman–Crippen MR) is 106 cm³/mol. The number of nitrogens with zero attached hydrogens (tertiary/aromatic N) is 2. The summed E-state index contributed by atoms with van der Waals surface area (Å²) in [6.07, 6.45) is 3.38. The number of nitrogens with one attached hydrogen (secondary N) is 1. The first-order valence-corrected chi connectivity index (χ1v) is 11.0. The van der Waals surface area contributed by atoms with Gasteiger partial charge in [-0.2, -0.15) is 0 Å². The second kappa shape index (κ2) is 7.13. The van der Waals surface area contributed by atoms with E-state index in [9.17, 15) is 13.2 Å². The third-order valence-corrected chi connectivity index (χ3v) is 7.43. The zero-order valence-corrected chi connectivity index (χ0v) is 16.3. The van der Waals surface area contributed by atoms with Crippen molar-refractivity contribution in [2.75, 3.05) is 30.5 Å². The summed E-state index contributed by atoms with van der Waals surface area (Å²) < 4.78 is 27.4. The molecular formula is C20H25N3O3S. The first-order chi connectivity index (χ1) is 13.0. The topological polar surface area (TPSA) is 69.7 Å². The molecule has 1 fully saturated rings. The highest BCUT2D eigenvalue weighted by molar-refractivity contribution is 7.93. The maximum atomic E-state index is 13.1. The molecular weight excluding hydrogens is 362 g/mol. The molecule has 1 saturated heterocycles. The fraction of sp³-hybridized carbons (Fsp3) is 0.450. The number of benzene rings is 2. The number of carbonyl (C=O) groups is 1. The van der Waals surface area contributed by atoms with Gasteiger partial charge in [-0.15, -0.1) is 0 Å². The lowest BCUT2D eigenvalue weighted by Gasteiger charge is -2.25. The van der Waals surface area contributed by atoms with Gasteiger partial charge in [0.05, 0.1) is 10.6 Å². The maximum Gasteiger partial charge on any atom is 0.265 e. The SMILES string of the molecule is C[C@@H](C(=O)NCCCN1CCCC1)N1c2cccc3cccc(c23)S1(=O)=O. The average Bonchev–Trinajstić information content (AvgIpc) is 3.25. The molecule has 2 aliphatic rings. The number of anilines is 1. The van der Waals surface area contributed by atoms with Crippen molar-refractivity contribution in [2.45, 2.75) is 37.1 Å². The van der Waals surface area contributed by atoms with Crippen LogP contribution in [0.1, 0.15) is 26.2 Å². The average molecular weight is 388 g/mol. The maximum absolute atomic E-state index is 13.1. The molecule has 0 aromatic heterocycles. The summed E-state index contributed by atoms with van der Waals surface area (Å²) in [6, 6.07) is 9.95. The zero-order valence-electron chi connectivity index (χ0n) is 15.5. The molecule has 2 aliphatic heterocycles. The van der Waals surface area contributed by atoms with Crippen LogP contribution in [0, 0.1) is 0 Å². The fourth-order valence-electron chi connectivity index (χ4n) is 4.11. The Morgan fingerprint density at radius 1 is 1.15 bits per heavy atom. The molecule has 2 aromatic carbocycles. The Balaban J connectivity index is 1.48. The van der Waals surface area contributed by atoms with E-state index in [-0.39, 0.29) is 10.8 Å². The molecule has 0 radical (unpaired) electrons. The van der Waals surface area contributed by atoms with Gasteiger partial charge in [-0.25, -0.2) is 8.42 Å². The van der Waals surface area contributed by atoms with Crippen molar-refractivity contribution in [1.82, 2.24) is 10.2 Å². The molecule has 2 heterocycles. The number of carbonyl (C=O) groups excluding carboxylic acids is 1. The lowest BCUT2D eigenvalue weighted by atomic mass is 10.1. The molecule has 7 heteroatoms. The van der Waals surface area contributed by atoms with Gasteiger partial charge in [0.2, 0.25) is 5.91 Å². The molecule has 27 heavy (non-hydrogen) atoms. The normalized spacial score (nSPS) is 19.5. The number of likely N-dealkylation sites (tertiary alicyclic amines) is 1. The Kier molecular flexibility index (Phi) is 4.82. The van der Waals surface area contributed by atoms with Gasteiger partial charge in [0.1, 0.15) is 6.04 Å². The van der Waals surface area contributed by atoms with Crippen molar-refractivity contribution in [1.29, 1.82) is 0 Å². The lowest BCUT2D eigenvalue weighted by molar-refractivity contribution is -0.121. The molecule has 1 atom stereocenters. The summed E-state index contributed by atoms with van der Waals surface area (Å²) in [5.74, 6) is -0.259. The molecule has 0 saturated carbocycles. The Labute approximate surface area is 160 Å². The van der Waals surface area contributed by atoms with E-state index in [4.69, 9.17) is 0 Å². The quantitative estimate of drug-likeness (QED) is 0.773. The van der Waals surface area contributed by atoms with Crippen LogP contribution in [0.25, 0.3) is 10.8 Å². The number of hydrogen-bond donors (Lipinski definition) is 1. The number of hydrogen-bond acceptors (Lipinski definition) is 4. The molecule has 1 amide bonds. The Hall–Kier alpha value is -2.12. The van der Waals surface area contributed by atoms with Crippen LogP contribution in [0.2, 0.25) is 0 Å². The number of sulfonamides is 1. The second-order valence-electron chi connectivity index (χ2n) is 7.30. The first kappa shape index (κ1) is 18.3. The predicted octanol–water partition coefficient (Wildman–Crippen LogP) is 2.34. The van der Waals surface area contributed by atoms with Gasteiger partial charge in [-0.3, -0.25) is 9.10 Å². The van der Waals surface area contributed by atoms with E-state index >= 15 is 0 Å². The largest absolute Gasteiger partial charge is 0.354 e. The van der Waals surface area contributed by atoms with E-state index in [2.05, 4.69) is 10.2 Å². The molecule has 144 valence electrons. The molecule has 0 unspecified atom stereocenters. The molecule has 4 rings (SSSR count). The molecule has 1 N–H and O–H groups in total. The summed E-state index contributed by atoms with van der Waals surface area (Å²) >= 11 is 0. The van der Waals surface area contributed by atoms with Gasteiger partial charge in [-0.05, 0) is 63.3 Å². The second-order valence-corrected chi connectivity index (χ2v) is 9.08. The molecule has 6 nitrogen and oxygen atoms in total. The van der Waals surface area contributed by atoms with Gasteiger partial charge < -0.3 is 10.2 Å². The van der Waals surface area contributed by atoms with E-state index in [1.54, 1.807) is 25.1 Å². The summed E-state index contributed by atoms with van der Waals surface area (Å²) in [6.45, 7) is 5.46. The lowest BCUT2D eigenvalue weighted by Crippen LogP contribution is -2.47. The van der Waals surface area contributed by atoms with Gasteiger partial charge in [0.15, 0.2) is 0 Å². The van der Waals surface area contributed by atoms with E-state index in [0.29, 0.717) is 17.6 Å². The molecule has 2 aromatic rings. The van der Waals surface area contributed by atoms with Crippen molar-refractivity contribution in [3.05, 3.63) is 36.4 Å². The van der Waals surface area contributed by atoms with Crippen LogP contribution in [-0.4, -0.2) is 51.4 Å². The third kappa shape index (κ3) is 3.19. The van der Waals surface area contributed by atoms with Crippen LogP contribution in [0.3, 0.4) is 0 Å². The summed E-state index contributed by atoms with van der Waals surface area (Å²) in [5, 5.41) is 4.48. The van der Waals surface area contributed by atoms with Crippen LogP contribution >= 0.6 is 0 Å². The summed E-state index contributed by atoms with van der Waals surface area (Å²) in [5.41, 5.74) is 0.586. The van der Waals surface area contributed by atoms with E-state index in [1.807, 2.05) is 18.2 Å². The molecule has 0 spiro atoms. The van der Waals surface area contributed by atoms with Crippen LogP contribution in [0.5, 0.6) is 0 Å². The third-order valence-electron chi connectivity index (χ3n) is 5.50. The summed E-state index contributed by atoms with van der Waals surface area (Å²) in [7, 11) is -3.72. The highest BCUT2D eigenvalue weighted by atomic mass is 32.2. The van der Waals surface area contributed by atoms with E-state index in [1.165, 1.54) is 17.1 Å². The molecule has 0 bridgehead atoms. The highest BCUT2D eigenvalue weighted by Crippen LogP contribution is 2.43. The standard InChI is InChI=1S/C20H25N3O3S/c1-15(20(24)21-11-6-14-22-12-2-3-13-22)23-17-9-4-7-16-8-5-10-18(19(16)17)27(23,25)26/h4-5,7-10,15H,2-3,6,11-14H2,1H3,(H,21,24)/t15-/m0/s1. The van der Waals surface area contributed by atoms with Crippen molar-refractivity contribution in [3.8, 4) is 0 Å². The van der Waals surface area contributed by atoms with Gasteiger partial charge in [-0.1, -0.05) is 24.3 Å². The van der Waals surface area contributed by atoms with Crippen molar-refractivity contribution in [3.63, 3.8) is 0 Å². The van der Waals surface area contributed by atoms with Gasteiger partial charge in [0.25, 0.3) is 10.0 Å². The number of amides is 1. The van der Waals surface area contributed by atoms with Crippen molar-refractivity contribution < 1.29 is 13.2 Å². The monoisotopic (exact) mass is 387 g/mol. The van der Waals surface area contributed by atoms with Crippen LogP contribution in [0.15, 0.2) is 41.3 Å². The molecule has 0 aliphatic carbocycles.